The molecule has 0 fully saturated rings. The Morgan fingerprint density at radius 1 is 1.23 bits per heavy atom. The van der Waals surface area contributed by atoms with Crippen LogP contribution in [0.1, 0.15) is 5.76 Å². The first-order valence-electron chi connectivity index (χ1n) is 7.71. The molecule has 26 heavy (non-hydrogen) atoms. The zero-order chi connectivity index (χ0) is 18.6. The quantitative estimate of drug-likeness (QED) is 0.452. The predicted octanol–water partition coefficient (Wildman–Crippen LogP) is 2.88. The van der Waals surface area contributed by atoms with Crippen molar-refractivity contribution in [2.45, 2.75) is 11.7 Å². The molecule has 0 aliphatic carbocycles. The average Bonchev–Trinajstić information content (AvgIpc) is 3.23. The molecule has 0 saturated carbocycles. The zero-order valence-electron chi connectivity index (χ0n) is 13.9. The van der Waals surface area contributed by atoms with Gasteiger partial charge in [-0.05, 0) is 36.4 Å². The number of halogens is 1. The second-order valence-corrected chi connectivity index (χ2v) is 8.83. The van der Waals surface area contributed by atoms with E-state index in [1.165, 1.54) is 11.8 Å². The lowest BCUT2D eigenvalue weighted by Crippen LogP contribution is -2.24. The van der Waals surface area contributed by atoms with Gasteiger partial charge in [-0.3, -0.25) is 4.57 Å². The van der Waals surface area contributed by atoms with Crippen LogP contribution in [0.5, 0.6) is 0 Å². The molecule has 3 rings (SSSR count). The molecule has 2 aromatic heterocycles. The number of sulfonamides is 1. The molecule has 0 bridgehead atoms. The van der Waals surface area contributed by atoms with Crippen LogP contribution >= 0.6 is 23.4 Å². The van der Waals surface area contributed by atoms with Gasteiger partial charge in [-0.1, -0.05) is 23.4 Å². The Kier molecular flexibility index (Phi) is 6.02. The molecular weight excluding hydrogens is 396 g/mol. The number of thioether (sulfide) groups is 1. The van der Waals surface area contributed by atoms with Gasteiger partial charge in [0.1, 0.15) is 5.76 Å². The van der Waals surface area contributed by atoms with Gasteiger partial charge in [0.25, 0.3) is 0 Å². The highest BCUT2D eigenvalue weighted by atomic mass is 35.5. The van der Waals surface area contributed by atoms with E-state index in [1.54, 1.807) is 18.4 Å². The highest BCUT2D eigenvalue weighted by Crippen LogP contribution is 2.26. The monoisotopic (exact) mass is 412 g/mol. The van der Waals surface area contributed by atoms with Crippen molar-refractivity contribution in [1.29, 1.82) is 0 Å². The molecule has 3 aromatic rings. The number of aromatic nitrogens is 3. The second kappa shape index (κ2) is 8.26. The van der Waals surface area contributed by atoms with Crippen LogP contribution in [-0.4, -0.2) is 41.7 Å². The van der Waals surface area contributed by atoms with Gasteiger partial charge in [0.15, 0.2) is 11.0 Å². The summed E-state index contributed by atoms with van der Waals surface area (Å²) in [5, 5.41) is 9.87. The minimum Gasteiger partial charge on any atom is -0.467 e. The Morgan fingerprint density at radius 3 is 2.65 bits per heavy atom. The average molecular weight is 413 g/mol. The molecule has 0 aliphatic heterocycles. The number of benzene rings is 1. The molecule has 1 aromatic carbocycles. The zero-order valence-corrected chi connectivity index (χ0v) is 16.3. The molecule has 0 radical (unpaired) electrons. The number of nitrogens with one attached hydrogen (secondary N) is 1. The minimum atomic E-state index is -3.21. The Bertz CT molecular complexity index is 954. The molecule has 0 spiro atoms. The summed E-state index contributed by atoms with van der Waals surface area (Å²) in [6, 6.07) is 11.1. The highest BCUT2D eigenvalue weighted by molar-refractivity contribution is 7.99. The maximum atomic E-state index is 11.2. The largest absolute Gasteiger partial charge is 0.467 e. The normalized spacial score (nSPS) is 11.8. The van der Waals surface area contributed by atoms with Gasteiger partial charge in [0.05, 0.1) is 19.1 Å². The fraction of sp³-hybridized carbons (Fsp3) is 0.250. The van der Waals surface area contributed by atoms with E-state index in [1.807, 2.05) is 28.8 Å². The van der Waals surface area contributed by atoms with Crippen LogP contribution in [-0.2, 0) is 16.6 Å². The Balaban J connectivity index is 1.83. The van der Waals surface area contributed by atoms with Crippen LogP contribution in [0, 0.1) is 0 Å². The molecule has 138 valence electrons. The molecule has 7 nitrogen and oxygen atoms in total. The van der Waals surface area contributed by atoms with E-state index in [0.29, 0.717) is 34.8 Å². The van der Waals surface area contributed by atoms with Gasteiger partial charge < -0.3 is 4.42 Å². The first-order valence-corrected chi connectivity index (χ1v) is 11.0. The van der Waals surface area contributed by atoms with E-state index in [4.69, 9.17) is 16.0 Å². The molecule has 0 atom stereocenters. The van der Waals surface area contributed by atoms with Gasteiger partial charge in [0.2, 0.25) is 10.0 Å². The molecule has 0 aliphatic rings. The van der Waals surface area contributed by atoms with Crippen molar-refractivity contribution in [1.82, 2.24) is 19.5 Å². The van der Waals surface area contributed by atoms with Crippen molar-refractivity contribution >= 4 is 33.4 Å². The summed E-state index contributed by atoms with van der Waals surface area (Å²) in [6.07, 6.45) is 2.75. The van der Waals surface area contributed by atoms with Crippen LogP contribution in [0.15, 0.2) is 52.2 Å². The summed E-state index contributed by atoms with van der Waals surface area (Å²) in [7, 11) is -3.21. The minimum absolute atomic E-state index is 0.313. The maximum Gasteiger partial charge on any atom is 0.208 e. The van der Waals surface area contributed by atoms with Crippen LogP contribution in [0.3, 0.4) is 0 Å². The molecule has 0 unspecified atom stereocenters. The molecular formula is C16H17ClN4O3S2. The Morgan fingerprint density at radius 2 is 2.00 bits per heavy atom. The standard InChI is InChI=1S/C16H17ClN4O3S2/c1-26(22,23)18-8-10-25-16-20-19-15(12-4-6-13(17)7-5-12)21(16)11-14-3-2-9-24-14/h2-7,9,18H,8,10-11H2,1H3. The lowest BCUT2D eigenvalue weighted by Gasteiger charge is -2.09. The summed E-state index contributed by atoms with van der Waals surface area (Å²) < 4.78 is 32.2. The third kappa shape index (κ3) is 5.10. The van der Waals surface area contributed by atoms with Gasteiger partial charge >= 0.3 is 0 Å². The lowest BCUT2D eigenvalue weighted by molar-refractivity contribution is 0.485. The Labute approximate surface area is 160 Å². The van der Waals surface area contributed by atoms with Gasteiger partial charge in [-0.2, -0.15) is 0 Å². The van der Waals surface area contributed by atoms with Crippen molar-refractivity contribution in [2.24, 2.45) is 0 Å². The van der Waals surface area contributed by atoms with Crippen LogP contribution < -0.4 is 4.72 Å². The number of furan rings is 1. The number of hydrogen-bond acceptors (Lipinski definition) is 6. The van der Waals surface area contributed by atoms with E-state index in [9.17, 15) is 8.42 Å². The van der Waals surface area contributed by atoms with Crippen molar-refractivity contribution in [3.63, 3.8) is 0 Å². The summed E-state index contributed by atoms with van der Waals surface area (Å²) in [6.45, 7) is 0.785. The second-order valence-electron chi connectivity index (χ2n) is 5.49. The Hall–Kier alpha value is -1.81. The molecule has 10 heteroatoms. The first kappa shape index (κ1) is 19.0. The highest BCUT2D eigenvalue weighted by Gasteiger charge is 2.16. The number of rotatable bonds is 8. The van der Waals surface area contributed by atoms with Crippen molar-refractivity contribution in [3.05, 3.63) is 53.4 Å². The van der Waals surface area contributed by atoms with Crippen molar-refractivity contribution < 1.29 is 12.8 Å². The SMILES string of the molecule is CS(=O)(=O)NCCSc1nnc(-c2ccc(Cl)cc2)n1Cc1ccco1. The molecule has 1 N–H and O–H groups in total. The van der Waals surface area contributed by atoms with E-state index in [2.05, 4.69) is 14.9 Å². The molecule has 2 heterocycles. The third-order valence-corrected chi connectivity index (χ3v) is 5.36. The van der Waals surface area contributed by atoms with Gasteiger partial charge in [-0.25, -0.2) is 13.1 Å². The van der Waals surface area contributed by atoms with Crippen molar-refractivity contribution in [3.8, 4) is 11.4 Å². The first-order chi connectivity index (χ1) is 12.4. The number of hydrogen-bond donors (Lipinski definition) is 1. The fourth-order valence-electron chi connectivity index (χ4n) is 2.28. The van der Waals surface area contributed by atoms with E-state index >= 15 is 0 Å². The van der Waals surface area contributed by atoms with E-state index in [-0.39, 0.29) is 0 Å². The summed E-state index contributed by atoms with van der Waals surface area (Å²) in [5.41, 5.74) is 0.884. The van der Waals surface area contributed by atoms with E-state index in [0.717, 1.165) is 17.6 Å². The summed E-state index contributed by atoms with van der Waals surface area (Å²) in [4.78, 5) is 0. The predicted molar refractivity (Wildman–Crippen MR) is 102 cm³/mol. The topological polar surface area (TPSA) is 90.0 Å². The van der Waals surface area contributed by atoms with Gasteiger partial charge in [-0.15, -0.1) is 10.2 Å². The third-order valence-electron chi connectivity index (χ3n) is 3.41. The molecule has 0 saturated heterocycles. The lowest BCUT2D eigenvalue weighted by atomic mass is 10.2. The van der Waals surface area contributed by atoms with E-state index < -0.39 is 10.0 Å². The van der Waals surface area contributed by atoms with Crippen LogP contribution in [0.4, 0.5) is 0 Å². The fourth-order valence-corrected chi connectivity index (χ4v) is 3.80. The van der Waals surface area contributed by atoms with Gasteiger partial charge in [0, 0.05) is 22.9 Å². The van der Waals surface area contributed by atoms with Crippen LogP contribution in [0.2, 0.25) is 5.02 Å². The molecule has 0 amide bonds. The maximum absolute atomic E-state index is 11.2. The summed E-state index contributed by atoms with van der Waals surface area (Å²) >= 11 is 7.39. The smallest absolute Gasteiger partial charge is 0.208 e. The summed E-state index contributed by atoms with van der Waals surface area (Å²) in [5.74, 6) is 2.00. The number of nitrogens with zero attached hydrogens (tertiary/aromatic N) is 3. The van der Waals surface area contributed by atoms with Crippen molar-refractivity contribution in [2.75, 3.05) is 18.6 Å². The van der Waals surface area contributed by atoms with Crippen LogP contribution in [0.25, 0.3) is 11.4 Å².